The van der Waals surface area contributed by atoms with Crippen molar-refractivity contribution >= 4 is 17.9 Å². The van der Waals surface area contributed by atoms with E-state index in [1.807, 2.05) is 0 Å². The van der Waals surface area contributed by atoms with E-state index in [0.29, 0.717) is 17.8 Å². The Bertz CT molecular complexity index is 802. The Kier molecular flexibility index (Phi) is 5.72. The Balaban J connectivity index is 1.60. The van der Waals surface area contributed by atoms with Crippen molar-refractivity contribution in [2.24, 2.45) is 28.6 Å². The van der Waals surface area contributed by atoms with E-state index in [4.69, 9.17) is 14.2 Å². The van der Waals surface area contributed by atoms with Crippen molar-refractivity contribution in [3.63, 3.8) is 0 Å². The average Bonchev–Trinajstić information content (AvgIpc) is 2.92. The molecular weight excluding hydrogens is 396 g/mol. The fourth-order valence-corrected chi connectivity index (χ4v) is 7.62. The summed E-state index contributed by atoms with van der Waals surface area (Å²) >= 11 is 0. The summed E-state index contributed by atoms with van der Waals surface area (Å²) in [5.41, 5.74) is 1.39. The zero-order chi connectivity index (χ0) is 22.6. The molecule has 0 aromatic heterocycles. The van der Waals surface area contributed by atoms with Crippen molar-refractivity contribution in [2.75, 3.05) is 0 Å². The van der Waals surface area contributed by atoms with Crippen LogP contribution in [0.5, 0.6) is 0 Å². The number of carbonyl (C=O) groups excluding carboxylic acids is 3. The highest BCUT2D eigenvalue weighted by Crippen LogP contribution is 2.65. The number of hydrogen-bond donors (Lipinski definition) is 0. The molecule has 4 rings (SSSR count). The molecular formula is C25H36O6. The second-order valence-corrected chi connectivity index (χ2v) is 10.7. The third-order valence-electron chi connectivity index (χ3n) is 8.91. The number of rotatable bonds is 3. The van der Waals surface area contributed by atoms with Crippen LogP contribution in [0.15, 0.2) is 11.6 Å². The van der Waals surface area contributed by atoms with Gasteiger partial charge in [-0.3, -0.25) is 14.4 Å². The van der Waals surface area contributed by atoms with Gasteiger partial charge < -0.3 is 14.2 Å². The van der Waals surface area contributed by atoms with Crippen LogP contribution in [-0.2, 0) is 28.6 Å². The van der Waals surface area contributed by atoms with Crippen LogP contribution in [0.2, 0.25) is 0 Å². The van der Waals surface area contributed by atoms with E-state index in [1.165, 1.54) is 26.3 Å². The van der Waals surface area contributed by atoms with Gasteiger partial charge in [-0.05, 0) is 61.7 Å². The number of esters is 3. The van der Waals surface area contributed by atoms with Crippen molar-refractivity contribution < 1.29 is 28.6 Å². The third kappa shape index (κ3) is 3.80. The van der Waals surface area contributed by atoms with Gasteiger partial charge in [0, 0.05) is 32.6 Å². The summed E-state index contributed by atoms with van der Waals surface area (Å²) in [6.07, 6.45) is 8.20. The fourth-order valence-electron chi connectivity index (χ4n) is 7.62. The summed E-state index contributed by atoms with van der Waals surface area (Å²) < 4.78 is 17.0. The quantitative estimate of drug-likeness (QED) is 0.375. The summed E-state index contributed by atoms with van der Waals surface area (Å²) in [7, 11) is 0. The molecule has 3 saturated carbocycles. The molecule has 172 valence electrons. The van der Waals surface area contributed by atoms with Crippen LogP contribution in [0.3, 0.4) is 0 Å². The number of fused-ring (bicyclic) bond motifs is 5. The van der Waals surface area contributed by atoms with Crippen molar-refractivity contribution in [1.82, 2.24) is 0 Å². The topological polar surface area (TPSA) is 78.9 Å². The maximum absolute atomic E-state index is 11.9. The lowest BCUT2D eigenvalue weighted by Gasteiger charge is -2.57. The first kappa shape index (κ1) is 22.3. The SMILES string of the molecule is CC(=O)OC1CCC2(C)C(=CCC3C2CCC2(C)C3CC(OC(C)=O)C2OC(C)=O)C1. The van der Waals surface area contributed by atoms with E-state index in [2.05, 4.69) is 19.9 Å². The molecule has 0 aromatic rings. The van der Waals surface area contributed by atoms with Gasteiger partial charge in [0.1, 0.15) is 18.3 Å². The standard InChI is InChI=1S/C25H36O6/c1-14(26)29-18-8-10-24(4)17(12-18)6-7-19-20(24)9-11-25(5)21(19)13-22(30-15(2)27)23(25)31-16(3)28/h6,18-23H,7-13H2,1-5H3. The monoisotopic (exact) mass is 432 g/mol. The molecule has 4 aliphatic carbocycles. The Hall–Kier alpha value is -1.85. The lowest BCUT2D eigenvalue weighted by atomic mass is 9.48. The van der Waals surface area contributed by atoms with Crippen LogP contribution in [0, 0.1) is 28.6 Å². The summed E-state index contributed by atoms with van der Waals surface area (Å²) in [4.78, 5) is 35.1. The molecule has 0 aliphatic heterocycles. The number of hydrogen-bond acceptors (Lipinski definition) is 6. The van der Waals surface area contributed by atoms with Crippen molar-refractivity contribution in [1.29, 1.82) is 0 Å². The predicted molar refractivity (Wildman–Crippen MR) is 114 cm³/mol. The first-order chi connectivity index (χ1) is 14.5. The lowest BCUT2D eigenvalue weighted by Crippen LogP contribution is -2.52. The second kappa shape index (κ2) is 7.93. The molecule has 0 radical (unpaired) electrons. The Labute approximate surface area is 185 Å². The molecule has 8 unspecified atom stereocenters. The minimum Gasteiger partial charge on any atom is -0.462 e. The lowest BCUT2D eigenvalue weighted by molar-refractivity contribution is -0.172. The minimum atomic E-state index is -0.377. The summed E-state index contributed by atoms with van der Waals surface area (Å²) in [6, 6.07) is 0. The van der Waals surface area contributed by atoms with Crippen molar-refractivity contribution in [2.45, 2.75) is 97.9 Å². The Morgan fingerprint density at radius 2 is 1.58 bits per heavy atom. The van der Waals surface area contributed by atoms with Gasteiger partial charge in [-0.25, -0.2) is 0 Å². The molecule has 0 aromatic carbocycles. The molecule has 0 N–H and O–H groups in total. The normalized spacial score (nSPS) is 43.6. The molecule has 0 amide bonds. The highest BCUT2D eigenvalue weighted by molar-refractivity contribution is 5.67. The maximum Gasteiger partial charge on any atom is 0.303 e. The van der Waals surface area contributed by atoms with Crippen LogP contribution < -0.4 is 0 Å². The summed E-state index contributed by atoms with van der Waals surface area (Å²) in [6.45, 7) is 8.97. The Morgan fingerprint density at radius 1 is 0.903 bits per heavy atom. The molecule has 0 spiro atoms. The van der Waals surface area contributed by atoms with E-state index >= 15 is 0 Å². The van der Waals surface area contributed by atoms with Gasteiger partial charge in [0.2, 0.25) is 0 Å². The largest absolute Gasteiger partial charge is 0.462 e. The molecule has 0 heterocycles. The first-order valence-electron chi connectivity index (χ1n) is 11.8. The molecule has 8 atom stereocenters. The van der Waals surface area contributed by atoms with Crippen LogP contribution in [0.25, 0.3) is 0 Å². The molecule has 6 nitrogen and oxygen atoms in total. The van der Waals surface area contributed by atoms with E-state index in [0.717, 1.165) is 44.9 Å². The van der Waals surface area contributed by atoms with Crippen molar-refractivity contribution in [3.05, 3.63) is 11.6 Å². The molecule has 31 heavy (non-hydrogen) atoms. The van der Waals surface area contributed by atoms with Gasteiger partial charge in [-0.15, -0.1) is 0 Å². The maximum atomic E-state index is 11.9. The zero-order valence-corrected chi connectivity index (χ0v) is 19.4. The summed E-state index contributed by atoms with van der Waals surface area (Å²) in [5, 5.41) is 0. The first-order valence-corrected chi connectivity index (χ1v) is 11.8. The van der Waals surface area contributed by atoms with Gasteiger partial charge in [-0.1, -0.05) is 25.5 Å². The highest BCUT2D eigenvalue weighted by Gasteiger charge is 2.63. The van der Waals surface area contributed by atoms with Crippen molar-refractivity contribution in [3.8, 4) is 0 Å². The van der Waals surface area contributed by atoms with Crippen LogP contribution in [-0.4, -0.2) is 36.2 Å². The molecule has 3 fully saturated rings. The smallest absolute Gasteiger partial charge is 0.303 e. The zero-order valence-electron chi connectivity index (χ0n) is 19.4. The van der Waals surface area contributed by atoms with Gasteiger partial charge >= 0.3 is 17.9 Å². The fraction of sp³-hybridized carbons (Fsp3) is 0.800. The van der Waals surface area contributed by atoms with Gasteiger partial charge in [0.25, 0.3) is 0 Å². The highest BCUT2D eigenvalue weighted by atomic mass is 16.6. The Morgan fingerprint density at radius 3 is 2.23 bits per heavy atom. The number of carbonyl (C=O) groups is 3. The molecule has 0 saturated heterocycles. The van der Waals surface area contributed by atoms with Crippen LogP contribution in [0.1, 0.15) is 79.6 Å². The second-order valence-electron chi connectivity index (χ2n) is 10.7. The van der Waals surface area contributed by atoms with Gasteiger partial charge in [0.15, 0.2) is 0 Å². The van der Waals surface area contributed by atoms with Crippen LogP contribution >= 0.6 is 0 Å². The third-order valence-corrected chi connectivity index (χ3v) is 8.91. The molecule has 0 bridgehead atoms. The van der Waals surface area contributed by atoms with E-state index in [1.54, 1.807) is 0 Å². The average molecular weight is 433 g/mol. The van der Waals surface area contributed by atoms with E-state index in [-0.39, 0.29) is 47.0 Å². The molecule has 4 aliphatic rings. The number of allylic oxidation sites excluding steroid dienone is 1. The molecule has 6 heteroatoms. The van der Waals surface area contributed by atoms with Gasteiger partial charge in [0.05, 0.1) is 0 Å². The van der Waals surface area contributed by atoms with E-state index < -0.39 is 0 Å². The van der Waals surface area contributed by atoms with Crippen LogP contribution in [0.4, 0.5) is 0 Å². The summed E-state index contributed by atoms with van der Waals surface area (Å²) in [5.74, 6) is 0.556. The predicted octanol–water partition coefficient (Wildman–Crippen LogP) is 4.35. The van der Waals surface area contributed by atoms with Gasteiger partial charge in [-0.2, -0.15) is 0 Å². The van der Waals surface area contributed by atoms with E-state index in [9.17, 15) is 14.4 Å². The number of ether oxygens (including phenoxy) is 3. The minimum absolute atomic E-state index is 0.00425.